The molecule has 3 fully saturated rings. The van der Waals surface area contributed by atoms with Crippen molar-refractivity contribution in [1.82, 2.24) is 20.9 Å². The van der Waals surface area contributed by atoms with Crippen molar-refractivity contribution in [3.63, 3.8) is 0 Å². The zero-order valence-electron chi connectivity index (χ0n) is 36.8. The lowest BCUT2D eigenvalue weighted by molar-refractivity contribution is -0.278. The fourth-order valence-corrected chi connectivity index (χ4v) is 9.57. The number of esters is 1. The number of nitrogens with zero attached hydrogens (tertiary/aromatic N) is 1. The van der Waals surface area contributed by atoms with Crippen LogP contribution in [0.4, 0.5) is 4.79 Å². The van der Waals surface area contributed by atoms with Gasteiger partial charge < -0.3 is 35.3 Å². The van der Waals surface area contributed by atoms with E-state index in [1.54, 1.807) is 0 Å². The summed E-state index contributed by atoms with van der Waals surface area (Å²) < 4.78 is 18.9. The van der Waals surface area contributed by atoms with E-state index in [9.17, 15) is 19.5 Å². The maximum atomic E-state index is 14.0. The Labute approximate surface area is 366 Å². The number of carbonyl (C=O) groups excluding carboxylic acids is 3. The first-order valence-electron chi connectivity index (χ1n) is 22.3. The summed E-state index contributed by atoms with van der Waals surface area (Å²) in [5, 5.41) is 18.8. The molecular weight excluding hydrogens is 781 g/mol. The summed E-state index contributed by atoms with van der Waals surface area (Å²) in [6.45, 7) is 9.14. The maximum absolute atomic E-state index is 14.0. The Morgan fingerprint density at radius 1 is 0.806 bits per heavy atom. The van der Waals surface area contributed by atoms with Crippen molar-refractivity contribution in [1.29, 1.82) is 0 Å². The van der Waals surface area contributed by atoms with Gasteiger partial charge in [0.2, 0.25) is 5.91 Å². The van der Waals surface area contributed by atoms with Gasteiger partial charge in [0.15, 0.2) is 6.29 Å². The van der Waals surface area contributed by atoms with Crippen LogP contribution in [0.2, 0.25) is 0 Å². The third-order valence-electron chi connectivity index (χ3n) is 12.8. The second-order valence-corrected chi connectivity index (χ2v) is 18.4. The monoisotopic (exact) mass is 844 g/mol. The number of fused-ring (bicyclic) bond motifs is 1. The lowest BCUT2D eigenvalue weighted by Gasteiger charge is -2.51. The molecule has 330 valence electrons. The molecule has 62 heavy (non-hydrogen) atoms. The van der Waals surface area contributed by atoms with Crippen LogP contribution < -0.4 is 16.0 Å². The lowest BCUT2D eigenvalue weighted by atomic mass is 9.75. The van der Waals surface area contributed by atoms with Crippen LogP contribution in [-0.4, -0.2) is 71.3 Å². The van der Waals surface area contributed by atoms with E-state index in [0.29, 0.717) is 24.9 Å². The van der Waals surface area contributed by atoms with E-state index < -0.39 is 24.3 Å². The Balaban J connectivity index is 1.11. The average Bonchev–Trinajstić information content (AvgIpc) is 3.28. The zero-order valence-corrected chi connectivity index (χ0v) is 36.8. The fourth-order valence-electron chi connectivity index (χ4n) is 9.57. The number of rotatable bonds is 13. The van der Waals surface area contributed by atoms with Gasteiger partial charge in [0, 0.05) is 42.6 Å². The Morgan fingerprint density at radius 2 is 1.52 bits per heavy atom. The van der Waals surface area contributed by atoms with Crippen molar-refractivity contribution >= 4 is 17.9 Å². The van der Waals surface area contributed by atoms with Crippen LogP contribution in [0.15, 0.2) is 103 Å². The van der Waals surface area contributed by atoms with Gasteiger partial charge >= 0.3 is 12.0 Å². The molecule has 1 saturated carbocycles. The number of likely N-dealkylation sites (tertiary alicyclic amines) is 1. The third-order valence-corrected chi connectivity index (χ3v) is 12.8. The predicted octanol–water partition coefficient (Wildman–Crippen LogP) is 8.16. The molecule has 8 atom stereocenters. The minimum absolute atomic E-state index is 0.0346. The number of carbonyl (C=O) groups is 3. The predicted molar refractivity (Wildman–Crippen MR) is 240 cm³/mol. The number of nitrogens with one attached hydrogen (secondary N) is 3. The van der Waals surface area contributed by atoms with Gasteiger partial charge in [-0.25, -0.2) is 9.59 Å². The number of hydrogen-bond donors (Lipinski definition) is 4. The largest absolute Gasteiger partial charge is 0.467 e. The molecule has 11 nitrogen and oxygen atoms in total. The van der Waals surface area contributed by atoms with Crippen LogP contribution in [0.1, 0.15) is 106 Å². The molecule has 0 aromatic heterocycles. The van der Waals surface area contributed by atoms with Gasteiger partial charge in [-0.05, 0) is 97.9 Å². The van der Waals surface area contributed by atoms with Crippen LogP contribution in [0.3, 0.4) is 0 Å². The number of urea groups is 1. The second-order valence-electron chi connectivity index (χ2n) is 18.4. The van der Waals surface area contributed by atoms with Crippen molar-refractivity contribution in [2.24, 2.45) is 11.8 Å². The molecule has 11 heteroatoms. The Kier molecular flexibility index (Phi) is 14.8. The molecule has 2 heterocycles. The molecule has 2 aliphatic heterocycles. The quantitative estimate of drug-likeness (QED) is 0.0990. The summed E-state index contributed by atoms with van der Waals surface area (Å²) in [6.07, 6.45) is 5.69. The van der Waals surface area contributed by atoms with E-state index in [4.69, 9.17) is 14.2 Å². The average molecular weight is 845 g/mol. The second kappa shape index (κ2) is 20.4. The summed E-state index contributed by atoms with van der Waals surface area (Å²) in [6, 6.07) is 32.5. The van der Waals surface area contributed by atoms with Crippen molar-refractivity contribution in [2.75, 3.05) is 13.7 Å². The zero-order chi connectivity index (χ0) is 43.8. The number of piperidine rings is 1. The highest BCUT2D eigenvalue weighted by Gasteiger charge is 2.46. The molecule has 4 N–H and O–H groups in total. The third kappa shape index (κ3) is 11.3. The summed E-state index contributed by atoms with van der Waals surface area (Å²) in [5.41, 5.74) is 6.12. The van der Waals surface area contributed by atoms with E-state index in [-0.39, 0.29) is 48.8 Å². The topological polar surface area (TPSA) is 138 Å². The van der Waals surface area contributed by atoms with Gasteiger partial charge in [-0.15, -0.1) is 0 Å². The molecule has 3 aliphatic rings. The van der Waals surface area contributed by atoms with E-state index in [1.807, 2.05) is 112 Å². The highest BCUT2D eigenvalue weighted by atomic mass is 16.7. The summed E-state index contributed by atoms with van der Waals surface area (Å²) >= 11 is 0. The molecule has 3 amide bonds. The first-order chi connectivity index (χ1) is 29.9. The van der Waals surface area contributed by atoms with E-state index in [0.717, 1.165) is 58.2 Å². The minimum atomic E-state index is -0.832. The number of amides is 3. The minimum Gasteiger partial charge on any atom is -0.467 e. The first kappa shape index (κ1) is 45.0. The van der Waals surface area contributed by atoms with Gasteiger partial charge in [-0.3, -0.25) is 9.69 Å². The Morgan fingerprint density at radius 3 is 2.24 bits per heavy atom. The molecule has 4 aromatic carbocycles. The molecule has 0 unspecified atom stereocenters. The summed E-state index contributed by atoms with van der Waals surface area (Å²) in [7, 11) is 1.31. The van der Waals surface area contributed by atoms with Crippen molar-refractivity contribution < 1.29 is 33.7 Å². The smallest absolute Gasteiger partial charge is 0.328 e. The van der Waals surface area contributed by atoms with Crippen LogP contribution in [0.25, 0.3) is 11.1 Å². The van der Waals surface area contributed by atoms with Crippen LogP contribution in [0, 0.1) is 11.8 Å². The number of aliphatic hydroxyl groups is 1. The van der Waals surface area contributed by atoms with Crippen molar-refractivity contribution in [2.45, 2.75) is 128 Å². The first-order valence-corrected chi connectivity index (χ1v) is 22.3. The molecular formula is C51H64N4O7. The number of ether oxygens (including phenoxy) is 3. The number of benzene rings is 4. The summed E-state index contributed by atoms with van der Waals surface area (Å²) in [5.74, 6) is 0.115. The Bertz CT molecular complexity index is 2120. The van der Waals surface area contributed by atoms with E-state index in [2.05, 4.69) is 39.9 Å². The SMILES string of the molecule is COC(=O)[C@H](Cc1ccccc1)NC(=O)NCc1cccc(-c2cccc([C@H]3O[C@@H](CN4[C@@H](C(=O)NC(C)(C)C)CC[C@H]5CCCC[C@H]54)[C@@H](C)[C@@H](c4ccc(CO)cc4)O3)c2)c1. The molecule has 7 rings (SSSR count). The fraction of sp³-hybridized carbons (Fsp3) is 0.471. The van der Waals surface area contributed by atoms with Crippen LogP contribution in [0.5, 0.6) is 0 Å². The molecule has 4 aromatic rings. The van der Waals surface area contributed by atoms with Crippen molar-refractivity contribution in [3.8, 4) is 11.1 Å². The highest BCUT2D eigenvalue weighted by molar-refractivity contribution is 5.84. The van der Waals surface area contributed by atoms with Gasteiger partial charge in [0.1, 0.15) is 6.04 Å². The molecule has 1 aliphatic carbocycles. The van der Waals surface area contributed by atoms with Gasteiger partial charge in [0.25, 0.3) is 0 Å². The van der Waals surface area contributed by atoms with Gasteiger partial charge in [-0.1, -0.05) is 111 Å². The Hall–Kier alpha value is -5.07. The normalized spacial score (nSPS) is 24.6. The van der Waals surface area contributed by atoms with E-state index >= 15 is 0 Å². The standard InChI is InChI=1S/C51H64N4O7/c1-33-45(31-55-43-20-10-9-16-37(43)25-26-44(55)47(57)54-51(2,3)4)61-49(62-46(33)38-23-21-35(32-56)22-24-38)41-19-12-18-40(29-41)39-17-11-15-36(27-39)30-52-50(59)53-42(48(58)60-5)28-34-13-7-6-8-14-34/h6-8,11-15,17-19,21-24,27,29,33,37,42-46,49,56H,9-10,16,20,25-26,28,30-32H2,1-5H3,(H,54,57)(H2,52,53,59)/t33-,37-,42+,43-,44-,45+,46+,49+/m1/s1. The highest BCUT2D eigenvalue weighted by Crippen LogP contribution is 2.45. The van der Waals surface area contributed by atoms with Gasteiger partial charge in [-0.2, -0.15) is 0 Å². The van der Waals surface area contributed by atoms with Crippen LogP contribution in [-0.2, 0) is 43.4 Å². The van der Waals surface area contributed by atoms with E-state index in [1.165, 1.54) is 26.4 Å². The van der Waals surface area contributed by atoms with Crippen molar-refractivity contribution in [3.05, 3.63) is 131 Å². The molecule has 0 spiro atoms. The molecule has 0 radical (unpaired) electrons. The summed E-state index contributed by atoms with van der Waals surface area (Å²) in [4.78, 5) is 42.0. The number of hydrogen-bond acceptors (Lipinski definition) is 8. The van der Waals surface area contributed by atoms with Gasteiger partial charge in [0.05, 0.1) is 32.0 Å². The maximum Gasteiger partial charge on any atom is 0.328 e. The molecule has 0 bridgehead atoms. The van der Waals surface area contributed by atoms with Crippen LogP contribution >= 0.6 is 0 Å². The lowest BCUT2D eigenvalue weighted by Crippen LogP contribution is -2.61. The molecule has 2 saturated heterocycles. The number of methoxy groups -OCH3 is 1. The number of aliphatic hydroxyl groups excluding tert-OH is 1.